The molecule has 0 atom stereocenters. The molecule has 0 aliphatic rings. The molecule has 1 N–H and O–H groups in total. The molecule has 0 rings (SSSR count). The van der Waals surface area contributed by atoms with E-state index in [0.717, 1.165) is 6.04 Å². The van der Waals surface area contributed by atoms with E-state index in [1.807, 2.05) is 6.55 Å². The van der Waals surface area contributed by atoms with E-state index >= 15 is 0 Å². The lowest BCUT2D eigenvalue weighted by molar-refractivity contribution is 0.544. The Hall–Kier alpha value is 0.177. The van der Waals surface area contributed by atoms with Crippen LogP contribution in [0.3, 0.4) is 0 Å². The Labute approximate surface area is 104 Å². The van der Waals surface area contributed by atoms with Gasteiger partial charge in [0, 0.05) is 0 Å². The molecule has 0 aromatic rings. The van der Waals surface area contributed by atoms with E-state index in [4.69, 9.17) is 0 Å². The summed E-state index contributed by atoms with van der Waals surface area (Å²) in [4.78, 5) is 9.20. The van der Waals surface area contributed by atoms with Gasteiger partial charge < -0.3 is 4.80 Å². The molecule has 0 aromatic carbocycles. The van der Waals surface area contributed by atoms with Crippen molar-refractivity contribution in [3.05, 3.63) is 0 Å². The maximum absolute atomic E-state index is 9.20. The smallest absolute Gasteiger partial charge is 0.203 e. The number of rotatable bonds is 12. The summed E-state index contributed by atoms with van der Waals surface area (Å²) in [5.41, 5.74) is 0. The predicted octanol–water partition coefficient (Wildman–Crippen LogP) is 4.91. The van der Waals surface area contributed by atoms with Gasteiger partial charge in [0.1, 0.15) is 0 Å². The molecule has 0 bridgehead atoms. The van der Waals surface area contributed by atoms with Gasteiger partial charge in [-0.1, -0.05) is 77.6 Å². The van der Waals surface area contributed by atoms with Gasteiger partial charge in [-0.2, -0.15) is 0 Å². The summed E-state index contributed by atoms with van der Waals surface area (Å²) in [6, 6.07) is 1.09. The van der Waals surface area contributed by atoms with Gasteiger partial charge in [-0.25, -0.2) is 0 Å². The van der Waals surface area contributed by atoms with Crippen LogP contribution in [0.4, 0.5) is 0 Å². The zero-order valence-electron chi connectivity index (χ0n) is 11.4. The molecule has 0 fully saturated rings. The Morgan fingerprint density at radius 3 is 1.44 bits per heavy atom. The molecule has 16 heavy (non-hydrogen) atoms. The number of unbranched alkanes of at least 4 members (excludes halogenated alkanes) is 10. The first-order valence-electron chi connectivity index (χ1n) is 7.28. The van der Waals surface area contributed by atoms with Crippen LogP contribution in [0.15, 0.2) is 0 Å². The van der Waals surface area contributed by atoms with E-state index in [9.17, 15) is 4.80 Å². The molecule has 0 aliphatic carbocycles. The van der Waals surface area contributed by atoms with Crippen LogP contribution >= 0.6 is 0 Å². The molecule has 0 aromatic heterocycles. The second kappa shape index (κ2) is 13.2. The van der Waals surface area contributed by atoms with Crippen molar-refractivity contribution in [3.63, 3.8) is 0 Å². The normalized spacial score (nSPS) is 11.2. The first-order chi connectivity index (χ1) is 7.77. The monoisotopic (exact) mass is 243 g/mol. The Morgan fingerprint density at radius 2 is 1.06 bits per heavy atom. The van der Waals surface area contributed by atoms with Gasteiger partial charge in [0.05, 0.1) is 0 Å². The van der Waals surface area contributed by atoms with Crippen molar-refractivity contribution in [3.8, 4) is 0 Å². The van der Waals surface area contributed by atoms with E-state index in [1.54, 1.807) is 0 Å². The lowest BCUT2D eigenvalue weighted by atomic mass is 10.1. The van der Waals surface area contributed by atoms with Crippen molar-refractivity contribution in [1.29, 1.82) is 0 Å². The highest BCUT2D eigenvalue weighted by atomic mass is 28.3. The zero-order chi connectivity index (χ0) is 12.1. The van der Waals surface area contributed by atoms with Gasteiger partial charge in [0.15, 0.2) is 0 Å². The van der Waals surface area contributed by atoms with Gasteiger partial charge >= 0.3 is 0 Å². The van der Waals surface area contributed by atoms with E-state index in [0.29, 0.717) is 0 Å². The van der Waals surface area contributed by atoms with Gasteiger partial charge in [-0.15, -0.1) is 0 Å². The van der Waals surface area contributed by atoms with Crippen LogP contribution in [-0.4, -0.2) is 13.8 Å². The van der Waals surface area contributed by atoms with Crippen LogP contribution in [0.25, 0.3) is 0 Å². The maximum atomic E-state index is 9.20. The zero-order valence-corrected chi connectivity index (χ0v) is 12.4. The van der Waals surface area contributed by atoms with Crippen molar-refractivity contribution >= 4 is 9.04 Å². The molecule has 0 amide bonds. The Bertz CT molecular complexity index is 126. The summed E-state index contributed by atoms with van der Waals surface area (Å²) in [6.07, 6.45) is 15.3. The third kappa shape index (κ3) is 14.2. The largest absolute Gasteiger partial charge is 0.432 e. The standard InChI is InChI=1S/C14H31OSi/c1-3-4-5-6-7-8-9-10-11-12-13-14-16(2)15/h15H,3-14H2,1-2H3. The van der Waals surface area contributed by atoms with E-state index < -0.39 is 9.04 Å². The van der Waals surface area contributed by atoms with Crippen molar-refractivity contribution in [2.75, 3.05) is 0 Å². The van der Waals surface area contributed by atoms with E-state index in [1.165, 1.54) is 70.6 Å². The molecule has 0 heterocycles. The van der Waals surface area contributed by atoms with E-state index in [-0.39, 0.29) is 0 Å². The molecule has 2 heteroatoms. The highest BCUT2D eigenvalue weighted by molar-refractivity contribution is 6.48. The molecule has 1 radical (unpaired) electrons. The predicted molar refractivity (Wildman–Crippen MR) is 75.1 cm³/mol. The molecule has 0 spiro atoms. The van der Waals surface area contributed by atoms with Crippen LogP contribution in [0, 0.1) is 0 Å². The Morgan fingerprint density at radius 1 is 0.688 bits per heavy atom. The van der Waals surface area contributed by atoms with Crippen LogP contribution < -0.4 is 0 Å². The Kier molecular flexibility index (Phi) is 13.4. The van der Waals surface area contributed by atoms with Crippen LogP contribution in [0.5, 0.6) is 0 Å². The average molecular weight is 243 g/mol. The van der Waals surface area contributed by atoms with Crippen LogP contribution in [0.2, 0.25) is 12.6 Å². The topological polar surface area (TPSA) is 20.2 Å². The summed E-state index contributed by atoms with van der Waals surface area (Å²) in [5.74, 6) is 0. The highest BCUT2D eigenvalue weighted by Crippen LogP contribution is 2.12. The summed E-state index contributed by atoms with van der Waals surface area (Å²) < 4.78 is 0. The minimum absolute atomic E-state index is 0.944. The molecule has 0 aliphatic heterocycles. The fourth-order valence-electron chi connectivity index (χ4n) is 2.05. The van der Waals surface area contributed by atoms with E-state index in [2.05, 4.69) is 6.92 Å². The third-order valence-electron chi connectivity index (χ3n) is 3.14. The molecular weight excluding hydrogens is 212 g/mol. The molecule has 0 unspecified atom stereocenters. The maximum Gasteiger partial charge on any atom is 0.203 e. The second-order valence-corrected chi connectivity index (χ2v) is 6.99. The number of hydrogen-bond donors (Lipinski definition) is 1. The van der Waals surface area contributed by atoms with Crippen molar-refractivity contribution in [1.82, 2.24) is 0 Å². The fourth-order valence-corrected chi connectivity index (χ4v) is 2.81. The van der Waals surface area contributed by atoms with Crippen LogP contribution in [-0.2, 0) is 0 Å². The fraction of sp³-hybridized carbons (Fsp3) is 1.00. The minimum atomic E-state index is -0.944. The van der Waals surface area contributed by atoms with Gasteiger partial charge in [0.25, 0.3) is 0 Å². The van der Waals surface area contributed by atoms with Gasteiger partial charge in [-0.3, -0.25) is 0 Å². The summed E-state index contributed by atoms with van der Waals surface area (Å²) in [6.45, 7) is 4.26. The van der Waals surface area contributed by atoms with Crippen molar-refractivity contribution in [2.45, 2.75) is 90.1 Å². The first kappa shape index (κ1) is 16.2. The third-order valence-corrected chi connectivity index (χ3v) is 4.22. The van der Waals surface area contributed by atoms with Crippen molar-refractivity contribution in [2.24, 2.45) is 0 Å². The van der Waals surface area contributed by atoms with Crippen molar-refractivity contribution < 1.29 is 4.80 Å². The Balaban J connectivity index is 2.88. The highest BCUT2D eigenvalue weighted by Gasteiger charge is 1.98. The molecule has 0 saturated carbocycles. The quantitative estimate of drug-likeness (QED) is 0.381. The molecule has 97 valence electrons. The van der Waals surface area contributed by atoms with Gasteiger partial charge in [-0.05, 0) is 12.6 Å². The van der Waals surface area contributed by atoms with Gasteiger partial charge in [0.2, 0.25) is 9.04 Å². The minimum Gasteiger partial charge on any atom is -0.432 e. The summed E-state index contributed by atoms with van der Waals surface area (Å²) >= 11 is 0. The second-order valence-electron chi connectivity index (χ2n) is 5.02. The lowest BCUT2D eigenvalue weighted by Gasteiger charge is -2.03. The molecular formula is C14H31OSi. The first-order valence-corrected chi connectivity index (χ1v) is 9.44. The summed E-state index contributed by atoms with van der Waals surface area (Å²) in [5, 5.41) is 0. The lowest BCUT2D eigenvalue weighted by Crippen LogP contribution is -2.03. The number of hydrogen-bond acceptors (Lipinski definition) is 1. The SMILES string of the molecule is CCCCCCCCCCCCC[Si](C)O. The molecule has 1 nitrogen and oxygen atoms in total. The van der Waals surface area contributed by atoms with Crippen LogP contribution in [0.1, 0.15) is 77.6 Å². The average Bonchev–Trinajstić information content (AvgIpc) is 2.25. The summed E-state index contributed by atoms with van der Waals surface area (Å²) in [7, 11) is -0.944. The molecule has 0 saturated heterocycles.